The van der Waals surface area contributed by atoms with Crippen LogP contribution in [0.15, 0.2) is 146 Å². The molecule has 4 N–H and O–H groups in total. The van der Waals surface area contributed by atoms with Gasteiger partial charge in [-0.15, -0.1) is 0 Å². The number of hydrogen-bond acceptors (Lipinski definition) is 12. The standard InChI is InChI=1S/C62H54N4O8/c1-3-5-31-63-51-29-23-41(37-15-9-7-10-16-37)43-25-27-49(65-55(43)51)53-57(67)45-21-19-39(35-47(45)59(53)69)61(71)73-33-13-14-34-74-62(72)40-20-22-46-48(36-40)60(70)54(58(46)68)50-28-26-44-42(38-17-11-8-12-18-38)24-30-52(56(44)66-50)64-32-6-4-2/h7-12,15-30,35-36,63-64,69-70H,3-6,13-14,31-34H2,1-2H3. The second kappa shape index (κ2) is 21.4. The zero-order chi connectivity index (χ0) is 51.3. The number of carbonyl (C=O) groups excluding carboxylic acids is 4. The number of fused-ring (bicyclic) bond motifs is 4. The Morgan fingerprint density at radius 2 is 0.878 bits per heavy atom. The minimum absolute atomic E-state index is 0.0230. The van der Waals surface area contributed by atoms with Crippen LogP contribution in [0.1, 0.15) is 116 Å². The summed E-state index contributed by atoms with van der Waals surface area (Å²) in [6.45, 7) is 5.80. The van der Waals surface area contributed by atoms with E-state index in [-0.39, 0.29) is 69.3 Å². The average molecular weight is 983 g/mol. The van der Waals surface area contributed by atoms with Gasteiger partial charge in [0.05, 0.1) is 69.3 Å². The summed E-state index contributed by atoms with van der Waals surface area (Å²) in [4.78, 5) is 64.0. The number of anilines is 2. The first-order valence-electron chi connectivity index (χ1n) is 25.2. The van der Waals surface area contributed by atoms with E-state index in [1.807, 2.05) is 84.9 Å². The Morgan fingerprint density at radius 3 is 1.28 bits per heavy atom. The number of ether oxygens (including phenoxy) is 2. The molecule has 370 valence electrons. The van der Waals surface area contributed by atoms with Crippen molar-refractivity contribution in [3.63, 3.8) is 0 Å². The molecule has 12 nitrogen and oxygen atoms in total. The Bertz CT molecular complexity index is 3350. The van der Waals surface area contributed by atoms with Gasteiger partial charge >= 0.3 is 11.9 Å². The van der Waals surface area contributed by atoms with Crippen LogP contribution in [0.4, 0.5) is 11.4 Å². The third-order valence-electron chi connectivity index (χ3n) is 13.5. The summed E-state index contributed by atoms with van der Waals surface area (Å²) < 4.78 is 11.1. The van der Waals surface area contributed by atoms with E-state index in [2.05, 4.69) is 36.6 Å². The molecule has 8 aromatic rings. The van der Waals surface area contributed by atoms with Crippen molar-refractivity contribution in [1.29, 1.82) is 0 Å². The number of Topliss-reactive ketones (excluding diaryl/α,β-unsaturated/α-hetero) is 2. The van der Waals surface area contributed by atoms with E-state index in [0.717, 1.165) is 83.2 Å². The first kappa shape index (κ1) is 48.7. The van der Waals surface area contributed by atoms with Crippen molar-refractivity contribution in [2.24, 2.45) is 0 Å². The number of esters is 2. The molecule has 12 heteroatoms. The van der Waals surface area contributed by atoms with Gasteiger partial charge in [-0.25, -0.2) is 19.6 Å². The molecule has 0 aliphatic heterocycles. The molecule has 6 aromatic carbocycles. The number of carbonyl (C=O) groups is 4. The highest BCUT2D eigenvalue weighted by Crippen LogP contribution is 2.41. The molecule has 0 amide bonds. The predicted molar refractivity (Wildman–Crippen MR) is 291 cm³/mol. The molecule has 0 saturated heterocycles. The lowest BCUT2D eigenvalue weighted by atomic mass is 9.98. The van der Waals surface area contributed by atoms with Crippen LogP contribution >= 0.6 is 0 Å². The smallest absolute Gasteiger partial charge is 0.338 e. The number of aliphatic hydroxyl groups is 2. The number of aromatic nitrogens is 2. The number of hydrogen-bond donors (Lipinski definition) is 4. The van der Waals surface area contributed by atoms with Gasteiger partial charge in [0.25, 0.3) is 0 Å². The fourth-order valence-electron chi connectivity index (χ4n) is 9.60. The number of allylic oxidation sites excluding steroid dienone is 2. The Hall–Kier alpha value is -8.90. The van der Waals surface area contributed by atoms with Crippen LogP contribution in [0.5, 0.6) is 0 Å². The van der Waals surface area contributed by atoms with E-state index in [1.54, 1.807) is 12.1 Å². The number of rotatable bonds is 19. The van der Waals surface area contributed by atoms with E-state index < -0.39 is 23.5 Å². The maximum Gasteiger partial charge on any atom is 0.338 e. The van der Waals surface area contributed by atoms with Crippen molar-refractivity contribution in [3.05, 3.63) is 190 Å². The van der Waals surface area contributed by atoms with Gasteiger partial charge in [0, 0.05) is 46.1 Å². The Balaban J connectivity index is 0.773. The van der Waals surface area contributed by atoms with Crippen LogP contribution in [-0.4, -0.2) is 70.0 Å². The summed E-state index contributed by atoms with van der Waals surface area (Å²) in [5.74, 6) is -2.61. The van der Waals surface area contributed by atoms with Gasteiger partial charge in [0.1, 0.15) is 11.5 Å². The van der Waals surface area contributed by atoms with Crippen LogP contribution in [0.3, 0.4) is 0 Å². The highest BCUT2D eigenvalue weighted by molar-refractivity contribution is 6.39. The zero-order valence-corrected chi connectivity index (χ0v) is 41.2. The minimum Gasteiger partial charge on any atom is -0.506 e. The Morgan fingerprint density at radius 1 is 0.473 bits per heavy atom. The van der Waals surface area contributed by atoms with Gasteiger partial charge in [-0.2, -0.15) is 0 Å². The lowest BCUT2D eigenvalue weighted by molar-refractivity contribution is 0.0432. The molecule has 2 aromatic heterocycles. The van der Waals surface area contributed by atoms with Crippen LogP contribution in [0.2, 0.25) is 0 Å². The lowest BCUT2D eigenvalue weighted by Crippen LogP contribution is -2.10. The van der Waals surface area contributed by atoms with E-state index >= 15 is 0 Å². The molecule has 0 bridgehead atoms. The number of pyridine rings is 2. The Kier molecular flexibility index (Phi) is 14.1. The van der Waals surface area contributed by atoms with Crippen molar-refractivity contribution >= 4 is 79.4 Å². The highest BCUT2D eigenvalue weighted by atomic mass is 16.5. The summed E-state index contributed by atoms with van der Waals surface area (Å²) in [5.41, 5.74) is 9.04. The number of ketones is 2. The number of benzene rings is 6. The van der Waals surface area contributed by atoms with Crippen LogP contribution < -0.4 is 10.6 Å². The summed E-state index contributed by atoms with van der Waals surface area (Å²) >= 11 is 0. The first-order chi connectivity index (χ1) is 36.1. The largest absolute Gasteiger partial charge is 0.506 e. The van der Waals surface area contributed by atoms with Crippen molar-refractivity contribution in [2.45, 2.75) is 52.4 Å². The Labute approximate surface area is 428 Å². The van der Waals surface area contributed by atoms with Crippen molar-refractivity contribution in [2.75, 3.05) is 36.9 Å². The van der Waals surface area contributed by atoms with Crippen LogP contribution in [0, 0.1) is 0 Å². The molecule has 2 aliphatic carbocycles. The third kappa shape index (κ3) is 9.49. The van der Waals surface area contributed by atoms with Crippen LogP contribution in [0.25, 0.3) is 66.7 Å². The number of unbranched alkanes of at least 4 members (excludes halogenated alkanes) is 3. The van der Waals surface area contributed by atoms with Gasteiger partial charge < -0.3 is 30.3 Å². The first-order valence-corrected chi connectivity index (χ1v) is 25.2. The molecule has 2 heterocycles. The van der Waals surface area contributed by atoms with E-state index in [1.165, 1.54) is 36.4 Å². The van der Waals surface area contributed by atoms with E-state index in [4.69, 9.17) is 19.4 Å². The number of nitrogens with one attached hydrogen (secondary N) is 2. The van der Waals surface area contributed by atoms with Gasteiger partial charge in [-0.3, -0.25) is 9.59 Å². The van der Waals surface area contributed by atoms with E-state index in [0.29, 0.717) is 35.3 Å². The topological polar surface area (TPSA) is 177 Å². The minimum atomic E-state index is -0.640. The second-order valence-corrected chi connectivity index (χ2v) is 18.4. The summed E-state index contributed by atoms with van der Waals surface area (Å²) in [6, 6.07) is 44.4. The third-order valence-corrected chi connectivity index (χ3v) is 13.5. The van der Waals surface area contributed by atoms with Gasteiger partial charge in [0.15, 0.2) is 11.6 Å². The number of aliphatic hydroxyl groups excluding tert-OH is 2. The highest BCUT2D eigenvalue weighted by Gasteiger charge is 2.34. The molecule has 0 unspecified atom stereocenters. The van der Waals surface area contributed by atoms with Gasteiger partial charge in [-0.1, -0.05) is 99.5 Å². The fourth-order valence-corrected chi connectivity index (χ4v) is 9.60. The summed E-state index contributed by atoms with van der Waals surface area (Å²) in [7, 11) is 0. The molecule has 10 rings (SSSR count). The normalized spacial score (nSPS) is 12.9. The molecule has 0 spiro atoms. The molecule has 74 heavy (non-hydrogen) atoms. The number of nitrogens with zero attached hydrogens (tertiary/aromatic N) is 2. The maximum absolute atomic E-state index is 13.8. The molecule has 0 radical (unpaired) electrons. The zero-order valence-electron chi connectivity index (χ0n) is 41.2. The monoisotopic (exact) mass is 982 g/mol. The summed E-state index contributed by atoms with van der Waals surface area (Å²) in [6.07, 6.45) is 4.73. The van der Waals surface area contributed by atoms with Crippen molar-refractivity contribution in [1.82, 2.24) is 9.97 Å². The molecule has 0 fully saturated rings. The quantitative estimate of drug-likeness (QED) is 0.0446. The van der Waals surface area contributed by atoms with Crippen molar-refractivity contribution < 1.29 is 38.9 Å². The predicted octanol–water partition coefficient (Wildman–Crippen LogP) is 13.6. The second-order valence-electron chi connectivity index (χ2n) is 18.4. The fraction of sp³-hybridized carbons (Fsp3) is 0.194. The van der Waals surface area contributed by atoms with Gasteiger partial charge in [-0.05, 0) is 121 Å². The van der Waals surface area contributed by atoms with Gasteiger partial charge in [0.2, 0.25) is 0 Å². The van der Waals surface area contributed by atoms with E-state index in [9.17, 15) is 29.4 Å². The van der Waals surface area contributed by atoms with Crippen molar-refractivity contribution in [3.8, 4) is 22.3 Å². The SMILES string of the molecule is CCCCNc1ccc(-c2ccccc2)c2ccc(C3=C(O)c4cc(C(=O)OCCCCOC(=O)c5ccc6c(c5)C(O)=C(c5ccc7c(-c8ccccc8)ccc(NCCCC)c7n5)C6=O)ccc4C3=O)nc12. The average Bonchev–Trinajstić information content (AvgIpc) is 3.84. The summed E-state index contributed by atoms with van der Waals surface area (Å²) in [5, 5.41) is 31.8. The molecular weight excluding hydrogens is 929 g/mol. The molecule has 2 aliphatic rings. The maximum atomic E-state index is 13.8. The molecular formula is C62H54N4O8. The van der Waals surface area contributed by atoms with Crippen LogP contribution in [-0.2, 0) is 9.47 Å². The molecule has 0 atom stereocenters. The lowest BCUT2D eigenvalue weighted by Gasteiger charge is -2.14. The molecule has 0 saturated carbocycles.